The molecule has 3 nitrogen and oxygen atoms in total. The maximum absolute atomic E-state index is 11.9. The molecular weight excluding hydrogens is 235 g/mol. The average molecular weight is 247 g/mol. The van der Waals surface area contributed by atoms with E-state index in [9.17, 15) is 18.0 Å². The third-order valence-electron chi connectivity index (χ3n) is 2.08. The summed E-state index contributed by atoms with van der Waals surface area (Å²) in [6, 6.07) is 7.51. The van der Waals surface area contributed by atoms with Crippen molar-refractivity contribution in [3.8, 4) is 0 Å². The van der Waals surface area contributed by atoms with Crippen LogP contribution >= 0.6 is 0 Å². The lowest BCUT2D eigenvalue weighted by atomic mass is 10.1. The van der Waals surface area contributed by atoms with Crippen LogP contribution in [0, 0.1) is 0 Å². The molecule has 2 N–H and O–H groups in total. The van der Waals surface area contributed by atoms with Crippen molar-refractivity contribution in [3.05, 3.63) is 35.9 Å². The molecule has 94 valence electrons. The van der Waals surface area contributed by atoms with Gasteiger partial charge in [0.05, 0.1) is 12.6 Å². The van der Waals surface area contributed by atoms with Crippen molar-refractivity contribution in [1.82, 2.24) is 5.32 Å². The van der Waals surface area contributed by atoms with E-state index in [1.807, 2.05) is 0 Å². The van der Waals surface area contributed by atoms with Gasteiger partial charge in [0.1, 0.15) is 6.42 Å². The summed E-state index contributed by atoms with van der Waals surface area (Å²) < 4.78 is 35.8. The fourth-order valence-electron chi connectivity index (χ4n) is 1.35. The monoisotopic (exact) mass is 247 g/mol. The molecular formula is C11H12F3NO2. The molecule has 0 aliphatic carbocycles. The summed E-state index contributed by atoms with van der Waals surface area (Å²) in [6.07, 6.45) is -6.09. The Morgan fingerprint density at radius 3 is 2.35 bits per heavy atom. The van der Waals surface area contributed by atoms with Crippen LogP contribution in [0.4, 0.5) is 13.2 Å². The van der Waals surface area contributed by atoms with E-state index in [4.69, 9.17) is 5.11 Å². The molecule has 0 aromatic heterocycles. The van der Waals surface area contributed by atoms with Gasteiger partial charge in [-0.2, -0.15) is 13.2 Å². The van der Waals surface area contributed by atoms with Gasteiger partial charge in [0, 0.05) is 0 Å². The Morgan fingerprint density at radius 2 is 1.88 bits per heavy atom. The molecule has 1 aromatic carbocycles. The van der Waals surface area contributed by atoms with Gasteiger partial charge >= 0.3 is 6.18 Å². The third kappa shape index (κ3) is 4.86. The lowest BCUT2D eigenvalue weighted by molar-refractivity contribution is -0.154. The fraction of sp³-hybridized carbons (Fsp3) is 0.364. The van der Waals surface area contributed by atoms with Crippen molar-refractivity contribution in [3.63, 3.8) is 0 Å². The standard InChI is InChI=1S/C11H12F3NO2/c12-11(13,14)6-10(17)15-9(7-16)8-4-2-1-3-5-8/h1-5,9,16H,6-7H2,(H,15,17)/t9-/m1/s1. The SMILES string of the molecule is O=C(CC(F)(F)F)N[C@H](CO)c1ccccc1. The molecule has 6 heteroatoms. The summed E-state index contributed by atoms with van der Waals surface area (Å²) in [5, 5.41) is 11.2. The normalized spacial score (nSPS) is 13.2. The number of aliphatic hydroxyl groups is 1. The zero-order valence-electron chi connectivity index (χ0n) is 8.87. The first-order valence-electron chi connectivity index (χ1n) is 4.94. The summed E-state index contributed by atoms with van der Waals surface area (Å²) in [4.78, 5) is 11.1. The number of amides is 1. The van der Waals surface area contributed by atoms with Gasteiger partial charge in [-0.3, -0.25) is 4.79 Å². The van der Waals surface area contributed by atoms with Crippen molar-refractivity contribution in [2.24, 2.45) is 0 Å². The van der Waals surface area contributed by atoms with Gasteiger partial charge in [0.25, 0.3) is 0 Å². The molecule has 0 bridgehead atoms. The molecule has 0 heterocycles. The zero-order valence-corrected chi connectivity index (χ0v) is 8.87. The predicted molar refractivity (Wildman–Crippen MR) is 55.1 cm³/mol. The highest BCUT2D eigenvalue weighted by Gasteiger charge is 2.31. The van der Waals surface area contributed by atoms with E-state index >= 15 is 0 Å². The Balaban J connectivity index is 2.62. The van der Waals surface area contributed by atoms with Crippen LogP contribution in [0.5, 0.6) is 0 Å². The number of alkyl halides is 3. The molecule has 0 saturated heterocycles. The van der Waals surface area contributed by atoms with E-state index in [2.05, 4.69) is 5.32 Å². The van der Waals surface area contributed by atoms with E-state index in [0.717, 1.165) is 0 Å². The van der Waals surface area contributed by atoms with Crippen molar-refractivity contribution < 1.29 is 23.1 Å². The number of carbonyl (C=O) groups excluding carboxylic acids is 1. The molecule has 1 aromatic rings. The van der Waals surface area contributed by atoms with Gasteiger partial charge in [0.2, 0.25) is 5.91 Å². The van der Waals surface area contributed by atoms with E-state index in [-0.39, 0.29) is 0 Å². The van der Waals surface area contributed by atoms with Crippen molar-refractivity contribution in [1.29, 1.82) is 0 Å². The number of rotatable bonds is 4. The Hall–Kier alpha value is -1.56. The highest BCUT2D eigenvalue weighted by molar-refractivity contribution is 5.77. The van der Waals surface area contributed by atoms with Gasteiger partial charge in [0.15, 0.2) is 0 Å². The molecule has 1 atom stereocenters. The number of carbonyl (C=O) groups is 1. The molecule has 1 amide bonds. The first-order chi connectivity index (χ1) is 7.92. The van der Waals surface area contributed by atoms with Crippen molar-refractivity contribution in [2.75, 3.05) is 6.61 Å². The quantitative estimate of drug-likeness (QED) is 0.852. The topological polar surface area (TPSA) is 49.3 Å². The minimum atomic E-state index is -4.54. The van der Waals surface area contributed by atoms with Crippen LogP contribution in [0.15, 0.2) is 30.3 Å². The number of hydrogen-bond acceptors (Lipinski definition) is 2. The van der Waals surface area contributed by atoms with E-state index < -0.39 is 31.2 Å². The fourth-order valence-corrected chi connectivity index (χ4v) is 1.35. The molecule has 1 rings (SSSR count). The van der Waals surface area contributed by atoms with E-state index in [0.29, 0.717) is 5.56 Å². The predicted octanol–water partition coefficient (Wildman–Crippen LogP) is 1.79. The van der Waals surface area contributed by atoms with Crippen LogP contribution in [0.2, 0.25) is 0 Å². The lowest BCUT2D eigenvalue weighted by Gasteiger charge is -2.17. The van der Waals surface area contributed by atoms with Gasteiger partial charge in [-0.15, -0.1) is 0 Å². The maximum Gasteiger partial charge on any atom is 0.397 e. The van der Waals surface area contributed by atoms with Crippen molar-refractivity contribution in [2.45, 2.75) is 18.6 Å². The second-order valence-electron chi connectivity index (χ2n) is 3.51. The van der Waals surface area contributed by atoms with Gasteiger partial charge in [-0.1, -0.05) is 30.3 Å². The Labute approximate surface area is 96.3 Å². The third-order valence-corrected chi connectivity index (χ3v) is 2.08. The number of nitrogens with one attached hydrogen (secondary N) is 1. The van der Waals surface area contributed by atoms with Crippen LogP contribution in [0.25, 0.3) is 0 Å². The van der Waals surface area contributed by atoms with Gasteiger partial charge in [-0.25, -0.2) is 0 Å². The number of halogens is 3. The molecule has 0 radical (unpaired) electrons. The maximum atomic E-state index is 11.9. The molecule has 0 aliphatic heterocycles. The minimum absolute atomic E-state index is 0.451. The second-order valence-corrected chi connectivity index (χ2v) is 3.51. The Bertz CT molecular complexity index is 365. The first-order valence-corrected chi connectivity index (χ1v) is 4.94. The number of aliphatic hydroxyl groups excluding tert-OH is 1. The number of hydrogen-bond donors (Lipinski definition) is 2. The number of benzene rings is 1. The van der Waals surface area contributed by atoms with Gasteiger partial charge in [-0.05, 0) is 5.56 Å². The molecule has 0 unspecified atom stereocenters. The summed E-state index contributed by atoms with van der Waals surface area (Å²) in [5.41, 5.74) is 0.561. The summed E-state index contributed by atoms with van der Waals surface area (Å²) >= 11 is 0. The highest BCUT2D eigenvalue weighted by atomic mass is 19.4. The van der Waals surface area contributed by atoms with E-state index in [1.165, 1.54) is 0 Å². The van der Waals surface area contributed by atoms with Gasteiger partial charge < -0.3 is 10.4 Å². The zero-order chi connectivity index (χ0) is 12.9. The van der Waals surface area contributed by atoms with E-state index in [1.54, 1.807) is 30.3 Å². The Kier molecular flexibility index (Phi) is 4.51. The molecule has 0 aliphatic rings. The summed E-state index contributed by atoms with van der Waals surface area (Å²) in [6.45, 7) is -0.451. The van der Waals surface area contributed by atoms with Crippen LogP contribution in [0.1, 0.15) is 18.0 Å². The molecule has 17 heavy (non-hydrogen) atoms. The Morgan fingerprint density at radius 1 is 1.29 bits per heavy atom. The van der Waals surface area contributed by atoms with Crippen LogP contribution in [0.3, 0.4) is 0 Å². The largest absolute Gasteiger partial charge is 0.397 e. The lowest BCUT2D eigenvalue weighted by Crippen LogP contribution is -2.33. The smallest absolute Gasteiger partial charge is 0.394 e. The molecule has 0 saturated carbocycles. The second kappa shape index (κ2) is 5.67. The molecule has 0 spiro atoms. The molecule has 0 fully saturated rings. The summed E-state index contributed by atoms with van der Waals surface area (Å²) in [7, 11) is 0. The minimum Gasteiger partial charge on any atom is -0.394 e. The van der Waals surface area contributed by atoms with Crippen LogP contribution < -0.4 is 5.32 Å². The highest BCUT2D eigenvalue weighted by Crippen LogP contribution is 2.20. The van der Waals surface area contributed by atoms with Crippen molar-refractivity contribution >= 4 is 5.91 Å². The van der Waals surface area contributed by atoms with Crippen LogP contribution in [-0.4, -0.2) is 23.8 Å². The summed E-state index contributed by atoms with van der Waals surface area (Å²) in [5.74, 6) is -1.15. The van der Waals surface area contributed by atoms with Crippen LogP contribution in [-0.2, 0) is 4.79 Å². The average Bonchev–Trinajstić information content (AvgIpc) is 2.24. The first kappa shape index (κ1) is 13.5.